The first-order valence-corrected chi connectivity index (χ1v) is 0. The average molecular weight is 427 g/mol. The first-order valence-electron chi connectivity index (χ1n) is 0. The zero-order valence-corrected chi connectivity index (χ0v) is 9.71. The van der Waals surface area contributed by atoms with Gasteiger partial charge in [-0.25, -0.2) is 0 Å². The number of hydrogen-bond acceptors (Lipinski definition) is 0. The second-order valence-corrected chi connectivity index (χ2v) is 0. The van der Waals surface area contributed by atoms with Gasteiger partial charge in [0.25, 0.3) is 0 Å². The van der Waals surface area contributed by atoms with Crippen molar-refractivity contribution in [3.8, 4) is 0 Å². The van der Waals surface area contributed by atoms with Gasteiger partial charge in [-0.15, -0.1) is 50.9 Å². The van der Waals surface area contributed by atoms with Crippen molar-refractivity contribution in [2.75, 3.05) is 0 Å². The van der Waals surface area contributed by atoms with E-state index in [0.717, 1.165) is 0 Å². The molecule has 0 radical (unpaired) electrons. The number of halogens is 3. The van der Waals surface area contributed by atoms with Gasteiger partial charge in [0.1, 0.15) is 0 Å². The molecule has 30 valence electrons. The molecule has 0 aliphatic carbocycles. The number of rotatable bonds is 0. The Bertz CT molecular complexity index is 3.25. The van der Waals surface area contributed by atoms with E-state index in [1.54, 1.807) is 0 Å². The maximum atomic E-state index is 0. The third-order valence-electron chi connectivity index (χ3n) is 0. The molecule has 0 saturated carbocycles. The van der Waals surface area contributed by atoms with E-state index < -0.39 is 0 Å². The Labute approximate surface area is 71.3 Å². The summed E-state index contributed by atoms with van der Waals surface area (Å²) < 4.78 is 0. The fourth-order valence-electron chi connectivity index (χ4n) is 0. The molecule has 0 aliphatic heterocycles. The third-order valence-corrected chi connectivity index (χ3v) is 0. The van der Waals surface area contributed by atoms with Crippen LogP contribution in [-0.2, 0) is 21.1 Å². The van der Waals surface area contributed by atoms with Gasteiger partial charge in [-0.05, 0) is 0 Å². The van der Waals surface area contributed by atoms with Crippen LogP contribution < -0.4 is 0 Å². The zero-order valence-electron chi connectivity index (χ0n) is 1.63. The Morgan fingerprint density at radius 3 is 0.500 bits per heavy atom. The van der Waals surface area contributed by atoms with Crippen molar-refractivity contribution in [1.82, 2.24) is 0 Å². The molecule has 0 saturated heterocycles. The monoisotopic (exact) mass is 424 g/mol. The molecular formula is H3Br3W. The summed E-state index contributed by atoms with van der Waals surface area (Å²) in [5.41, 5.74) is 0. The van der Waals surface area contributed by atoms with Crippen LogP contribution in [0.5, 0.6) is 0 Å². The predicted octanol–water partition coefficient (Wildman–Crippen LogP) is 1.73. The minimum Gasteiger partial charge on any atom is -0.114 e. The van der Waals surface area contributed by atoms with E-state index >= 15 is 0 Å². The van der Waals surface area contributed by atoms with Gasteiger partial charge in [0.2, 0.25) is 0 Å². The minimum absolute atomic E-state index is 0. The summed E-state index contributed by atoms with van der Waals surface area (Å²) in [6, 6.07) is 0. The molecular weight excluding hydrogens is 424 g/mol. The second-order valence-electron chi connectivity index (χ2n) is 0. The fraction of sp³-hybridized carbons (Fsp3) is 0. The Balaban J connectivity index is 0. The summed E-state index contributed by atoms with van der Waals surface area (Å²) in [5, 5.41) is 0. The molecule has 0 bridgehead atoms. The van der Waals surface area contributed by atoms with Crippen LogP contribution in [0.4, 0.5) is 0 Å². The van der Waals surface area contributed by atoms with Crippen LogP contribution in [0.2, 0.25) is 0 Å². The molecule has 0 N–H and O–H groups in total. The first-order chi connectivity index (χ1) is 0. The van der Waals surface area contributed by atoms with Gasteiger partial charge in [-0.1, -0.05) is 0 Å². The van der Waals surface area contributed by atoms with Crippen LogP contribution in [-0.4, -0.2) is 0 Å². The Hall–Kier alpha value is 2.13. The van der Waals surface area contributed by atoms with Crippen LogP contribution in [0, 0.1) is 0 Å². The van der Waals surface area contributed by atoms with Gasteiger partial charge in [-0.2, -0.15) is 0 Å². The molecule has 0 unspecified atom stereocenters. The Morgan fingerprint density at radius 2 is 0.500 bits per heavy atom. The van der Waals surface area contributed by atoms with Crippen LogP contribution in [0.15, 0.2) is 0 Å². The van der Waals surface area contributed by atoms with E-state index in [-0.39, 0.29) is 72.0 Å². The smallest absolute Gasteiger partial charge is 0 e. The molecule has 0 rings (SSSR count). The molecule has 0 aromatic heterocycles. The SMILES string of the molecule is Br.Br.Br.[W]. The molecule has 4 heavy (non-hydrogen) atoms. The topological polar surface area (TPSA) is 0 Å². The summed E-state index contributed by atoms with van der Waals surface area (Å²) in [7, 11) is 0. The quantitative estimate of drug-likeness (QED) is 0.554. The van der Waals surface area contributed by atoms with E-state index in [9.17, 15) is 0 Å². The standard InChI is InChI=1S/3BrH.W/h3*1H;. The second kappa shape index (κ2) is 19.3. The summed E-state index contributed by atoms with van der Waals surface area (Å²) in [4.78, 5) is 0. The van der Waals surface area contributed by atoms with Crippen molar-refractivity contribution in [1.29, 1.82) is 0 Å². The maximum Gasteiger partial charge on any atom is 0 e. The summed E-state index contributed by atoms with van der Waals surface area (Å²) in [6.45, 7) is 0. The van der Waals surface area contributed by atoms with E-state index in [1.807, 2.05) is 0 Å². The van der Waals surface area contributed by atoms with Crippen LogP contribution in [0.1, 0.15) is 0 Å². The normalized spacial score (nSPS) is 0. The first kappa shape index (κ1) is 35.6. The van der Waals surface area contributed by atoms with Crippen LogP contribution in [0.25, 0.3) is 0 Å². The summed E-state index contributed by atoms with van der Waals surface area (Å²) >= 11 is 0. The Kier molecular flexibility index (Phi) is 172. The van der Waals surface area contributed by atoms with Crippen molar-refractivity contribution in [2.24, 2.45) is 0 Å². The van der Waals surface area contributed by atoms with Crippen molar-refractivity contribution in [2.45, 2.75) is 0 Å². The largest absolute Gasteiger partial charge is 0.114 e. The molecule has 0 atom stereocenters. The third kappa shape index (κ3) is 8.92. The molecule has 0 spiro atoms. The van der Waals surface area contributed by atoms with E-state index in [1.165, 1.54) is 0 Å². The molecule has 0 amide bonds. The van der Waals surface area contributed by atoms with Crippen LogP contribution in [0.3, 0.4) is 0 Å². The van der Waals surface area contributed by atoms with Gasteiger partial charge in [0.05, 0.1) is 0 Å². The van der Waals surface area contributed by atoms with Gasteiger partial charge >= 0.3 is 0 Å². The minimum atomic E-state index is 0. The number of hydrogen-bond donors (Lipinski definition) is 0. The summed E-state index contributed by atoms with van der Waals surface area (Å²) in [5.74, 6) is 0. The van der Waals surface area contributed by atoms with E-state index in [2.05, 4.69) is 0 Å². The average Bonchev–Trinajstić information content (AvgIpc) is 0. The van der Waals surface area contributed by atoms with Crippen molar-refractivity contribution in [3.05, 3.63) is 0 Å². The molecule has 0 aliphatic rings. The van der Waals surface area contributed by atoms with Crippen molar-refractivity contribution >= 4 is 50.9 Å². The Morgan fingerprint density at radius 1 is 0.500 bits per heavy atom. The van der Waals surface area contributed by atoms with Crippen molar-refractivity contribution < 1.29 is 21.1 Å². The zero-order chi connectivity index (χ0) is 0. The molecule has 0 aromatic rings. The molecule has 0 nitrogen and oxygen atoms in total. The van der Waals surface area contributed by atoms with Crippen LogP contribution >= 0.6 is 50.9 Å². The molecule has 0 heterocycles. The fourth-order valence-corrected chi connectivity index (χ4v) is 0. The molecule has 0 aromatic carbocycles. The molecule has 0 fully saturated rings. The predicted molar refractivity (Wildman–Crippen MR) is 31.0 cm³/mol. The summed E-state index contributed by atoms with van der Waals surface area (Å²) in [6.07, 6.45) is 0. The van der Waals surface area contributed by atoms with Gasteiger partial charge < -0.3 is 0 Å². The van der Waals surface area contributed by atoms with Gasteiger partial charge in [-0.3, -0.25) is 0 Å². The van der Waals surface area contributed by atoms with E-state index in [0.29, 0.717) is 0 Å². The van der Waals surface area contributed by atoms with Crippen molar-refractivity contribution in [3.63, 3.8) is 0 Å². The maximum absolute atomic E-state index is 0. The van der Waals surface area contributed by atoms with Gasteiger partial charge in [0.15, 0.2) is 0 Å². The molecule has 4 heteroatoms. The van der Waals surface area contributed by atoms with E-state index in [4.69, 9.17) is 0 Å². The van der Waals surface area contributed by atoms with Gasteiger partial charge in [0, 0.05) is 21.1 Å².